The van der Waals surface area contributed by atoms with Gasteiger partial charge in [-0.15, -0.1) is 0 Å². The van der Waals surface area contributed by atoms with Crippen LogP contribution >= 0.6 is 11.3 Å². The van der Waals surface area contributed by atoms with Crippen molar-refractivity contribution in [3.8, 4) is 0 Å². The van der Waals surface area contributed by atoms with Crippen molar-refractivity contribution >= 4 is 45.5 Å². The highest BCUT2D eigenvalue weighted by molar-refractivity contribution is 7.17. The number of nitrogens with zero attached hydrogens (tertiary/aromatic N) is 4. The molecule has 192 valence electrons. The molecule has 1 aromatic carbocycles. The molecule has 1 aliphatic heterocycles. The minimum Gasteiger partial charge on any atom is -0.505 e. The molecule has 5 rings (SSSR count). The summed E-state index contributed by atoms with van der Waals surface area (Å²) in [6.45, 7) is 8.87. The van der Waals surface area contributed by atoms with Crippen molar-refractivity contribution in [2.24, 2.45) is 0 Å². The van der Waals surface area contributed by atoms with E-state index in [2.05, 4.69) is 16.5 Å². The third-order valence-electron chi connectivity index (χ3n) is 6.38. The maximum Gasteiger partial charge on any atom is 0.350 e. The van der Waals surface area contributed by atoms with Gasteiger partial charge in [0.25, 0.3) is 5.78 Å². The molecule has 1 aliphatic rings. The van der Waals surface area contributed by atoms with E-state index in [1.807, 2.05) is 35.7 Å². The fraction of sp³-hybridized carbons (Fsp3) is 0.179. The van der Waals surface area contributed by atoms with Crippen LogP contribution in [0.1, 0.15) is 43.9 Å². The van der Waals surface area contributed by atoms with Gasteiger partial charge in [0.05, 0.1) is 23.0 Å². The molecule has 1 atom stereocenters. The van der Waals surface area contributed by atoms with Crippen LogP contribution in [0.2, 0.25) is 0 Å². The second-order valence-corrected chi connectivity index (χ2v) is 9.79. The summed E-state index contributed by atoms with van der Waals surface area (Å²) in [6.07, 6.45) is 3.27. The molecule has 0 saturated carbocycles. The number of aliphatic hydroxyl groups excluding tert-OH is 1. The molecule has 1 amide bonds. The summed E-state index contributed by atoms with van der Waals surface area (Å²) in [7, 11) is 0. The minimum absolute atomic E-state index is 0.0257. The van der Waals surface area contributed by atoms with Crippen LogP contribution in [0.3, 0.4) is 0 Å². The van der Waals surface area contributed by atoms with Gasteiger partial charge in [0.2, 0.25) is 0 Å². The zero-order valence-electron chi connectivity index (χ0n) is 21.0. The number of aromatic nitrogens is 3. The van der Waals surface area contributed by atoms with Gasteiger partial charge in [-0.25, -0.2) is 14.8 Å². The predicted molar refractivity (Wildman–Crippen MR) is 143 cm³/mol. The Morgan fingerprint density at radius 2 is 1.87 bits per heavy atom. The average molecular weight is 529 g/mol. The van der Waals surface area contributed by atoms with Gasteiger partial charge >= 0.3 is 11.9 Å². The third kappa shape index (κ3) is 3.99. The summed E-state index contributed by atoms with van der Waals surface area (Å²) in [4.78, 5) is 49.9. The molecule has 1 fully saturated rings. The highest BCUT2D eigenvalue weighted by Gasteiger charge is 2.49. The molecule has 9 nitrogen and oxygen atoms in total. The second kappa shape index (κ2) is 9.71. The predicted octanol–water partition coefficient (Wildman–Crippen LogP) is 4.69. The fourth-order valence-corrected chi connectivity index (χ4v) is 5.52. The largest absolute Gasteiger partial charge is 0.505 e. The first kappa shape index (κ1) is 25.1. The highest BCUT2D eigenvalue weighted by Crippen LogP contribution is 2.44. The molecule has 1 unspecified atom stereocenters. The lowest BCUT2D eigenvalue weighted by Gasteiger charge is -2.22. The summed E-state index contributed by atoms with van der Waals surface area (Å²) in [5, 5.41) is 11.7. The smallest absolute Gasteiger partial charge is 0.350 e. The molecular weight excluding hydrogens is 504 g/mol. The number of ketones is 1. The van der Waals surface area contributed by atoms with Crippen LogP contribution in [0.4, 0.5) is 5.13 Å². The number of thiazole rings is 1. The van der Waals surface area contributed by atoms with E-state index in [-0.39, 0.29) is 33.6 Å². The Kier molecular flexibility index (Phi) is 6.41. The van der Waals surface area contributed by atoms with Crippen molar-refractivity contribution in [2.45, 2.75) is 26.8 Å². The molecule has 3 aromatic heterocycles. The lowest BCUT2D eigenvalue weighted by Crippen LogP contribution is -2.29. The number of anilines is 1. The number of pyridine rings is 1. The van der Waals surface area contributed by atoms with Crippen LogP contribution in [0.5, 0.6) is 0 Å². The van der Waals surface area contributed by atoms with E-state index < -0.39 is 23.7 Å². The van der Waals surface area contributed by atoms with E-state index in [4.69, 9.17) is 4.74 Å². The number of rotatable bonds is 6. The van der Waals surface area contributed by atoms with E-state index in [0.717, 1.165) is 16.9 Å². The molecule has 1 saturated heterocycles. The Hall–Kier alpha value is -4.57. The molecule has 0 bridgehead atoms. The molecule has 0 radical (unpaired) electrons. The van der Waals surface area contributed by atoms with Crippen LogP contribution < -0.4 is 4.90 Å². The lowest BCUT2D eigenvalue weighted by molar-refractivity contribution is -0.132. The first-order valence-electron chi connectivity index (χ1n) is 11.8. The zero-order valence-corrected chi connectivity index (χ0v) is 21.8. The van der Waals surface area contributed by atoms with Gasteiger partial charge < -0.3 is 14.2 Å². The number of imidazole rings is 1. The van der Waals surface area contributed by atoms with Gasteiger partial charge in [-0.05, 0) is 38.0 Å². The number of carbonyl (C=O) groups excluding carboxylic acids is 3. The van der Waals surface area contributed by atoms with Gasteiger partial charge in [-0.2, -0.15) is 0 Å². The van der Waals surface area contributed by atoms with Crippen LogP contribution in [-0.2, 0) is 14.3 Å². The average Bonchev–Trinajstić information content (AvgIpc) is 3.55. The Morgan fingerprint density at radius 3 is 2.55 bits per heavy atom. The number of benzene rings is 1. The van der Waals surface area contributed by atoms with E-state index in [1.54, 1.807) is 38.1 Å². The van der Waals surface area contributed by atoms with Crippen LogP contribution in [-0.4, -0.2) is 43.7 Å². The maximum absolute atomic E-state index is 13.5. The summed E-state index contributed by atoms with van der Waals surface area (Å²) in [5.74, 6) is -2.71. The normalized spacial score (nSPS) is 16.8. The van der Waals surface area contributed by atoms with E-state index in [1.165, 1.54) is 11.0 Å². The summed E-state index contributed by atoms with van der Waals surface area (Å²) < 4.78 is 6.97. The first-order valence-corrected chi connectivity index (χ1v) is 12.6. The van der Waals surface area contributed by atoms with Gasteiger partial charge in [0.1, 0.15) is 22.8 Å². The quantitative estimate of drug-likeness (QED) is 0.127. The number of aliphatic hydroxyl groups is 1. The van der Waals surface area contributed by atoms with Crippen molar-refractivity contribution in [2.75, 3.05) is 11.5 Å². The van der Waals surface area contributed by atoms with Gasteiger partial charge in [-0.3, -0.25) is 14.5 Å². The molecule has 0 spiro atoms. The summed E-state index contributed by atoms with van der Waals surface area (Å²) >= 11 is 0.947. The first-order chi connectivity index (χ1) is 18.2. The number of carbonyl (C=O) groups is 3. The van der Waals surface area contributed by atoms with E-state index in [0.29, 0.717) is 22.6 Å². The monoisotopic (exact) mass is 528 g/mol. The van der Waals surface area contributed by atoms with E-state index in [9.17, 15) is 19.5 Å². The van der Waals surface area contributed by atoms with Crippen molar-refractivity contribution in [3.63, 3.8) is 0 Å². The molecule has 4 heterocycles. The number of Topliss-reactive ketones (excluding diaryl/α,β-unsaturated/α-hetero) is 1. The fourth-order valence-electron chi connectivity index (χ4n) is 4.53. The van der Waals surface area contributed by atoms with Crippen molar-refractivity contribution in [3.05, 3.63) is 100.0 Å². The Balaban J connectivity index is 1.69. The zero-order chi connectivity index (χ0) is 27.1. The topological polar surface area (TPSA) is 114 Å². The number of hydrogen-bond donors (Lipinski definition) is 1. The highest BCUT2D eigenvalue weighted by atomic mass is 32.1. The van der Waals surface area contributed by atoms with Crippen molar-refractivity contribution < 1.29 is 24.2 Å². The van der Waals surface area contributed by atoms with Crippen LogP contribution in [0, 0.1) is 20.8 Å². The molecular formula is C28H24N4O5S. The van der Waals surface area contributed by atoms with Gasteiger partial charge in [0, 0.05) is 6.20 Å². The number of aryl methyl sites for hydroxylation is 3. The number of hydrogen-bond acceptors (Lipinski definition) is 8. The number of esters is 1. The molecule has 38 heavy (non-hydrogen) atoms. The van der Waals surface area contributed by atoms with Crippen LogP contribution in [0.25, 0.3) is 11.4 Å². The summed E-state index contributed by atoms with van der Waals surface area (Å²) in [6, 6.07) is 11.7. The van der Waals surface area contributed by atoms with Gasteiger partial charge in [0.15, 0.2) is 10.9 Å². The molecule has 0 aliphatic carbocycles. The lowest BCUT2D eigenvalue weighted by atomic mass is 9.96. The maximum atomic E-state index is 13.5. The number of ether oxygens (including phenoxy) is 1. The number of fused-ring (bicyclic) bond motifs is 1. The van der Waals surface area contributed by atoms with E-state index >= 15 is 0 Å². The third-order valence-corrected chi connectivity index (χ3v) is 7.51. The van der Waals surface area contributed by atoms with Gasteiger partial charge in [-0.1, -0.05) is 60.4 Å². The molecule has 10 heteroatoms. The second-order valence-electron chi connectivity index (χ2n) is 8.81. The SMILES string of the molecule is C=CCOC(=O)c1sc(N2C(=O)C(=O)C(=C(O)c3nc4c(C)cccn4c3C)C2c2ccccc2)nc1C. The Bertz CT molecular complexity index is 1650. The van der Waals surface area contributed by atoms with Crippen molar-refractivity contribution in [1.29, 1.82) is 0 Å². The van der Waals surface area contributed by atoms with Crippen molar-refractivity contribution in [1.82, 2.24) is 14.4 Å². The molecule has 1 N–H and O–H groups in total. The molecule has 4 aromatic rings. The standard InChI is InChI=1S/C28H24N4O5S/c1-5-14-37-27(36)24-16(3)29-28(38-24)32-21(18-11-7-6-8-12-18)19(23(34)26(32)35)22(33)20-17(4)31-13-9-10-15(2)25(31)30-20/h5-13,21,33H,1,14H2,2-4H3. The minimum atomic E-state index is -0.982. The Morgan fingerprint density at radius 1 is 1.13 bits per heavy atom. The summed E-state index contributed by atoms with van der Waals surface area (Å²) in [5.41, 5.74) is 3.21. The van der Waals surface area contributed by atoms with Crippen LogP contribution in [0.15, 0.2) is 66.9 Å². The number of amides is 1. The Labute approximate surface area is 222 Å².